The van der Waals surface area contributed by atoms with Crippen molar-refractivity contribution in [1.29, 1.82) is 0 Å². The van der Waals surface area contributed by atoms with Gasteiger partial charge in [0.2, 0.25) is 5.91 Å². The van der Waals surface area contributed by atoms with Gasteiger partial charge in [-0.05, 0) is 26.2 Å². The standard InChI is InChI=1S/C15H22N4O/c1-4-12-15(20)18(3)13-9-16-10(2)17-14(13)19(12)11-7-5-6-8-11/h9,11-12H,4-8H2,1-3H3. The van der Waals surface area contributed by atoms with Crippen molar-refractivity contribution < 1.29 is 4.79 Å². The highest BCUT2D eigenvalue weighted by Crippen LogP contribution is 2.39. The van der Waals surface area contributed by atoms with E-state index in [-0.39, 0.29) is 11.9 Å². The van der Waals surface area contributed by atoms with Gasteiger partial charge >= 0.3 is 0 Å². The molecule has 0 spiro atoms. The van der Waals surface area contributed by atoms with Crippen molar-refractivity contribution in [2.45, 2.75) is 58.0 Å². The average molecular weight is 274 g/mol. The fraction of sp³-hybridized carbons (Fsp3) is 0.667. The van der Waals surface area contributed by atoms with E-state index in [0.29, 0.717) is 6.04 Å². The van der Waals surface area contributed by atoms with Crippen LogP contribution in [-0.2, 0) is 4.79 Å². The van der Waals surface area contributed by atoms with E-state index in [4.69, 9.17) is 0 Å². The summed E-state index contributed by atoms with van der Waals surface area (Å²) in [6, 6.07) is 0.371. The van der Waals surface area contributed by atoms with Gasteiger partial charge < -0.3 is 9.80 Å². The fourth-order valence-corrected chi connectivity index (χ4v) is 3.47. The molecule has 1 amide bonds. The van der Waals surface area contributed by atoms with Gasteiger partial charge in [-0.25, -0.2) is 9.97 Å². The number of hydrogen-bond acceptors (Lipinski definition) is 4. The molecular weight excluding hydrogens is 252 g/mol. The molecule has 1 fully saturated rings. The smallest absolute Gasteiger partial charge is 0.249 e. The number of aromatic nitrogens is 2. The summed E-state index contributed by atoms with van der Waals surface area (Å²) in [6.45, 7) is 3.99. The molecule has 1 aromatic rings. The number of aryl methyl sites for hydroxylation is 1. The van der Waals surface area contributed by atoms with Gasteiger partial charge in [-0.15, -0.1) is 0 Å². The second-order valence-electron chi connectivity index (χ2n) is 5.79. The Morgan fingerprint density at radius 3 is 2.70 bits per heavy atom. The SMILES string of the molecule is CCC1C(=O)N(C)c2cnc(C)nc2N1C1CCCC1. The van der Waals surface area contributed by atoms with E-state index in [1.807, 2.05) is 14.0 Å². The van der Waals surface area contributed by atoms with Crippen molar-refractivity contribution in [3.8, 4) is 0 Å². The Balaban J connectivity index is 2.11. The minimum atomic E-state index is -0.0788. The van der Waals surface area contributed by atoms with E-state index in [0.717, 1.165) is 36.6 Å². The van der Waals surface area contributed by atoms with Crippen LogP contribution in [0.5, 0.6) is 0 Å². The van der Waals surface area contributed by atoms with Crippen LogP contribution in [0.4, 0.5) is 11.5 Å². The van der Waals surface area contributed by atoms with Crippen LogP contribution >= 0.6 is 0 Å². The summed E-state index contributed by atoms with van der Waals surface area (Å²) in [4.78, 5) is 25.5. The Labute approximate surface area is 120 Å². The number of amides is 1. The summed E-state index contributed by atoms with van der Waals surface area (Å²) in [6.07, 6.45) is 7.43. The van der Waals surface area contributed by atoms with Crippen molar-refractivity contribution in [2.24, 2.45) is 0 Å². The Morgan fingerprint density at radius 2 is 2.05 bits per heavy atom. The molecule has 20 heavy (non-hydrogen) atoms. The average Bonchev–Trinajstić information content (AvgIpc) is 2.96. The lowest BCUT2D eigenvalue weighted by Gasteiger charge is -2.43. The normalized spacial score (nSPS) is 23.4. The van der Waals surface area contributed by atoms with Gasteiger partial charge in [-0.1, -0.05) is 19.8 Å². The van der Waals surface area contributed by atoms with E-state index in [9.17, 15) is 4.79 Å². The van der Waals surface area contributed by atoms with Gasteiger partial charge in [0.15, 0.2) is 5.82 Å². The van der Waals surface area contributed by atoms with Crippen LogP contribution in [0.1, 0.15) is 44.9 Å². The van der Waals surface area contributed by atoms with Gasteiger partial charge in [0, 0.05) is 13.1 Å². The van der Waals surface area contributed by atoms with Crippen molar-refractivity contribution in [3.63, 3.8) is 0 Å². The number of rotatable bonds is 2. The van der Waals surface area contributed by atoms with Gasteiger partial charge in [0.1, 0.15) is 17.6 Å². The quantitative estimate of drug-likeness (QED) is 0.830. The Morgan fingerprint density at radius 1 is 1.35 bits per heavy atom. The lowest BCUT2D eigenvalue weighted by atomic mass is 10.0. The first-order valence-corrected chi connectivity index (χ1v) is 7.53. The zero-order valence-corrected chi connectivity index (χ0v) is 12.5. The van der Waals surface area contributed by atoms with Gasteiger partial charge in [0.25, 0.3) is 0 Å². The number of likely N-dealkylation sites (N-methyl/N-ethyl adjacent to an activating group) is 1. The molecule has 3 rings (SSSR count). The van der Waals surface area contributed by atoms with Crippen molar-refractivity contribution in [2.75, 3.05) is 16.8 Å². The van der Waals surface area contributed by atoms with Crippen LogP contribution in [0, 0.1) is 6.92 Å². The molecule has 1 aromatic heterocycles. The first kappa shape index (κ1) is 13.3. The van der Waals surface area contributed by atoms with Crippen LogP contribution in [0.3, 0.4) is 0 Å². The van der Waals surface area contributed by atoms with Crippen molar-refractivity contribution in [3.05, 3.63) is 12.0 Å². The maximum absolute atomic E-state index is 12.6. The number of hydrogen-bond donors (Lipinski definition) is 0. The van der Waals surface area contributed by atoms with Crippen LogP contribution in [0.2, 0.25) is 0 Å². The monoisotopic (exact) mass is 274 g/mol. The fourth-order valence-electron chi connectivity index (χ4n) is 3.47. The highest BCUT2D eigenvalue weighted by molar-refractivity contribution is 6.04. The number of carbonyl (C=O) groups is 1. The number of fused-ring (bicyclic) bond motifs is 1. The molecular formula is C15H22N4O. The molecule has 2 aliphatic rings. The molecule has 1 aliphatic heterocycles. The summed E-state index contributed by atoms with van der Waals surface area (Å²) >= 11 is 0. The molecule has 1 aliphatic carbocycles. The van der Waals surface area contributed by atoms with Gasteiger partial charge in [0.05, 0.1) is 6.20 Å². The molecule has 1 saturated carbocycles. The third-order valence-corrected chi connectivity index (χ3v) is 4.53. The molecule has 108 valence electrons. The minimum absolute atomic E-state index is 0.0788. The summed E-state index contributed by atoms with van der Waals surface area (Å²) in [5, 5.41) is 0. The van der Waals surface area contributed by atoms with E-state index < -0.39 is 0 Å². The number of anilines is 2. The summed E-state index contributed by atoms with van der Waals surface area (Å²) in [5.41, 5.74) is 0.845. The van der Waals surface area contributed by atoms with Crippen LogP contribution < -0.4 is 9.80 Å². The maximum atomic E-state index is 12.6. The van der Waals surface area contributed by atoms with Crippen molar-refractivity contribution in [1.82, 2.24) is 9.97 Å². The molecule has 5 nitrogen and oxygen atoms in total. The Kier molecular flexibility index (Phi) is 3.36. The zero-order chi connectivity index (χ0) is 14.3. The molecule has 1 atom stereocenters. The Hall–Kier alpha value is -1.65. The van der Waals surface area contributed by atoms with Crippen LogP contribution in [0.15, 0.2) is 6.20 Å². The summed E-state index contributed by atoms with van der Waals surface area (Å²) in [7, 11) is 1.83. The highest BCUT2D eigenvalue weighted by atomic mass is 16.2. The summed E-state index contributed by atoms with van der Waals surface area (Å²) < 4.78 is 0. The van der Waals surface area contributed by atoms with Crippen LogP contribution in [0.25, 0.3) is 0 Å². The van der Waals surface area contributed by atoms with Gasteiger partial charge in [-0.3, -0.25) is 4.79 Å². The molecule has 0 N–H and O–H groups in total. The first-order chi connectivity index (χ1) is 9.63. The maximum Gasteiger partial charge on any atom is 0.249 e. The number of carbonyl (C=O) groups excluding carboxylic acids is 1. The molecule has 2 heterocycles. The largest absolute Gasteiger partial charge is 0.340 e. The predicted octanol–water partition coefficient (Wildman–Crippen LogP) is 2.29. The zero-order valence-electron chi connectivity index (χ0n) is 12.5. The van der Waals surface area contributed by atoms with E-state index >= 15 is 0 Å². The molecule has 0 bridgehead atoms. The second kappa shape index (κ2) is 5.04. The Bertz CT molecular complexity index is 525. The molecule has 1 unspecified atom stereocenters. The van der Waals surface area contributed by atoms with E-state index in [2.05, 4.69) is 21.8 Å². The third-order valence-electron chi connectivity index (χ3n) is 4.53. The van der Waals surface area contributed by atoms with E-state index in [1.165, 1.54) is 12.8 Å². The molecule has 0 radical (unpaired) electrons. The lowest BCUT2D eigenvalue weighted by molar-refractivity contribution is -0.120. The highest BCUT2D eigenvalue weighted by Gasteiger charge is 2.40. The number of nitrogens with zero attached hydrogens (tertiary/aromatic N) is 4. The first-order valence-electron chi connectivity index (χ1n) is 7.53. The summed E-state index contributed by atoms with van der Waals surface area (Å²) in [5.74, 6) is 1.88. The lowest BCUT2D eigenvalue weighted by Crippen LogP contribution is -2.55. The molecule has 0 saturated heterocycles. The van der Waals surface area contributed by atoms with Crippen LogP contribution in [-0.4, -0.2) is 35.0 Å². The molecule has 5 heteroatoms. The second-order valence-corrected chi connectivity index (χ2v) is 5.79. The topological polar surface area (TPSA) is 49.3 Å². The van der Waals surface area contributed by atoms with Gasteiger partial charge in [-0.2, -0.15) is 0 Å². The van der Waals surface area contributed by atoms with E-state index in [1.54, 1.807) is 11.1 Å². The van der Waals surface area contributed by atoms with Crippen molar-refractivity contribution >= 4 is 17.4 Å². The minimum Gasteiger partial charge on any atom is -0.340 e. The predicted molar refractivity (Wildman–Crippen MR) is 79.0 cm³/mol. The molecule has 0 aromatic carbocycles. The third kappa shape index (κ3) is 1.96.